The van der Waals surface area contributed by atoms with Gasteiger partial charge < -0.3 is 10.6 Å². The fourth-order valence-corrected chi connectivity index (χ4v) is 4.75. The maximum atomic E-state index is 11.6. The molecule has 1 aliphatic heterocycles. The molecule has 2 N–H and O–H groups in total. The lowest BCUT2D eigenvalue weighted by molar-refractivity contribution is 0.279. The molecule has 0 bridgehead atoms. The zero-order chi connectivity index (χ0) is 18.3. The first-order chi connectivity index (χ1) is 11.9. The van der Waals surface area contributed by atoms with Gasteiger partial charge in [0.25, 0.3) is 0 Å². The second-order valence-electron chi connectivity index (χ2n) is 7.60. The lowest BCUT2D eigenvalue weighted by Crippen LogP contribution is -2.45. The van der Waals surface area contributed by atoms with Crippen LogP contribution in [0.3, 0.4) is 0 Å². The van der Waals surface area contributed by atoms with Crippen LogP contribution in [0.2, 0.25) is 0 Å². The predicted molar refractivity (Wildman–Crippen MR) is 120 cm³/mol. The summed E-state index contributed by atoms with van der Waals surface area (Å²) in [7, 11) is -3.04. The van der Waals surface area contributed by atoms with Crippen LogP contribution in [0.5, 0.6) is 0 Å². The van der Waals surface area contributed by atoms with Crippen molar-refractivity contribution in [3.8, 4) is 0 Å². The number of halogens is 1. The van der Waals surface area contributed by atoms with E-state index in [1.165, 1.54) is 38.4 Å². The molecule has 0 aromatic rings. The first-order valence-electron chi connectivity index (χ1n) is 9.92. The van der Waals surface area contributed by atoms with Crippen molar-refractivity contribution >= 4 is 40.0 Å². The van der Waals surface area contributed by atoms with Gasteiger partial charge in [-0.1, -0.05) is 13.3 Å². The molecule has 6 nitrogen and oxygen atoms in total. The van der Waals surface area contributed by atoms with Gasteiger partial charge in [0, 0.05) is 32.2 Å². The van der Waals surface area contributed by atoms with Crippen LogP contribution in [0.1, 0.15) is 58.8 Å². The normalized spacial score (nSPS) is 26.2. The van der Waals surface area contributed by atoms with E-state index in [-0.39, 0.29) is 24.0 Å². The minimum Gasteiger partial charge on any atom is -0.357 e. The highest BCUT2D eigenvalue weighted by molar-refractivity contribution is 14.0. The molecule has 2 fully saturated rings. The van der Waals surface area contributed by atoms with E-state index in [0.717, 1.165) is 37.8 Å². The van der Waals surface area contributed by atoms with Crippen molar-refractivity contribution in [3.63, 3.8) is 0 Å². The van der Waals surface area contributed by atoms with Gasteiger partial charge in [0.05, 0.1) is 6.26 Å². The Morgan fingerprint density at radius 3 is 2.15 bits per heavy atom. The summed E-state index contributed by atoms with van der Waals surface area (Å²) in [4.78, 5) is 4.78. The Labute approximate surface area is 177 Å². The van der Waals surface area contributed by atoms with Crippen molar-refractivity contribution in [1.82, 2.24) is 14.9 Å². The standard InChI is InChI=1S/C18H36N4O2S.HI/c1-4-15-6-8-17(9-7-15)21-18(19-5-2)20-14-16-10-12-22(13-11-16)25(3,23)24;/h15-17H,4-14H2,1-3H3,(H2,19,20,21);1H. The molecule has 0 unspecified atom stereocenters. The molecule has 0 aromatic carbocycles. The van der Waals surface area contributed by atoms with Crippen LogP contribution in [-0.2, 0) is 10.0 Å². The molecule has 1 saturated carbocycles. The second kappa shape index (κ2) is 11.7. The Morgan fingerprint density at radius 1 is 1.04 bits per heavy atom. The molecule has 0 spiro atoms. The third-order valence-corrected chi connectivity index (χ3v) is 6.96. The molecular weight excluding hydrogens is 463 g/mol. The van der Waals surface area contributed by atoms with Crippen LogP contribution in [0.25, 0.3) is 0 Å². The molecule has 1 saturated heterocycles. The molecule has 1 aliphatic carbocycles. The van der Waals surface area contributed by atoms with E-state index < -0.39 is 10.0 Å². The Morgan fingerprint density at radius 2 is 1.65 bits per heavy atom. The van der Waals surface area contributed by atoms with Crippen LogP contribution in [0.4, 0.5) is 0 Å². The average molecular weight is 500 g/mol. The van der Waals surface area contributed by atoms with Crippen molar-refractivity contribution in [1.29, 1.82) is 0 Å². The van der Waals surface area contributed by atoms with Gasteiger partial charge in [-0.3, -0.25) is 4.99 Å². The van der Waals surface area contributed by atoms with Gasteiger partial charge in [-0.25, -0.2) is 12.7 Å². The Bertz CT molecular complexity index is 525. The van der Waals surface area contributed by atoms with Crippen molar-refractivity contribution in [2.75, 3.05) is 32.4 Å². The number of hydrogen-bond acceptors (Lipinski definition) is 3. The van der Waals surface area contributed by atoms with Gasteiger partial charge in [0.1, 0.15) is 0 Å². The number of guanidine groups is 1. The summed E-state index contributed by atoms with van der Waals surface area (Å²) >= 11 is 0. The smallest absolute Gasteiger partial charge is 0.211 e. The molecular formula is C18H37IN4O2S. The van der Waals surface area contributed by atoms with Crippen LogP contribution in [0, 0.1) is 11.8 Å². The SMILES string of the molecule is CCNC(=NCC1CCN(S(C)(=O)=O)CC1)NC1CCC(CC)CC1.I. The van der Waals surface area contributed by atoms with E-state index in [1.54, 1.807) is 4.31 Å². The molecule has 1 heterocycles. The highest BCUT2D eigenvalue weighted by atomic mass is 127. The van der Waals surface area contributed by atoms with Gasteiger partial charge >= 0.3 is 0 Å². The van der Waals surface area contributed by atoms with Crippen molar-refractivity contribution in [2.45, 2.75) is 64.8 Å². The quantitative estimate of drug-likeness (QED) is 0.334. The minimum absolute atomic E-state index is 0. The Hall–Kier alpha value is -0.0900. The summed E-state index contributed by atoms with van der Waals surface area (Å²) in [5, 5.41) is 6.97. The fourth-order valence-electron chi connectivity index (χ4n) is 3.87. The average Bonchev–Trinajstić information content (AvgIpc) is 2.60. The molecule has 26 heavy (non-hydrogen) atoms. The molecule has 2 aliphatic rings. The minimum atomic E-state index is -3.04. The zero-order valence-corrected chi connectivity index (χ0v) is 19.7. The highest BCUT2D eigenvalue weighted by Gasteiger charge is 2.25. The van der Waals surface area contributed by atoms with E-state index in [2.05, 4.69) is 24.5 Å². The molecule has 0 aromatic heterocycles. The van der Waals surface area contributed by atoms with Crippen molar-refractivity contribution < 1.29 is 8.42 Å². The predicted octanol–water partition coefficient (Wildman–Crippen LogP) is 2.80. The lowest BCUT2D eigenvalue weighted by Gasteiger charge is -2.31. The largest absolute Gasteiger partial charge is 0.357 e. The maximum Gasteiger partial charge on any atom is 0.211 e. The number of nitrogens with zero attached hydrogens (tertiary/aromatic N) is 2. The maximum absolute atomic E-state index is 11.6. The van der Waals surface area contributed by atoms with E-state index >= 15 is 0 Å². The lowest BCUT2D eigenvalue weighted by atomic mass is 9.84. The van der Waals surface area contributed by atoms with Gasteiger partial charge in [-0.2, -0.15) is 0 Å². The monoisotopic (exact) mass is 500 g/mol. The summed E-state index contributed by atoms with van der Waals surface area (Å²) in [5.41, 5.74) is 0. The highest BCUT2D eigenvalue weighted by Crippen LogP contribution is 2.26. The van der Waals surface area contributed by atoms with Crippen LogP contribution in [0.15, 0.2) is 4.99 Å². The van der Waals surface area contributed by atoms with Crippen LogP contribution in [-0.4, -0.2) is 57.2 Å². The Balaban J connectivity index is 0.00000338. The summed E-state index contributed by atoms with van der Waals surface area (Å²) in [6, 6.07) is 0.535. The van der Waals surface area contributed by atoms with E-state index in [1.807, 2.05) is 0 Å². The molecule has 0 radical (unpaired) electrons. The molecule has 0 amide bonds. The van der Waals surface area contributed by atoms with Crippen molar-refractivity contribution in [3.05, 3.63) is 0 Å². The zero-order valence-electron chi connectivity index (χ0n) is 16.5. The fraction of sp³-hybridized carbons (Fsp3) is 0.944. The topological polar surface area (TPSA) is 73.8 Å². The third kappa shape index (κ3) is 7.88. The van der Waals surface area contributed by atoms with Crippen LogP contribution >= 0.6 is 24.0 Å². The van der Waals surface area contributed by atoms with E-state index in [0.29, 0.717) is 25.0 Å². The Kier molecular flexibility index (Phi) is 10.8. The summed E-state index contributed by atoms with van der Waals surface area (Å²) < 4.78 is 24.8. The molecule has 2 rings (SSSR count). The second-order valence-corrected chi connectivity index (χ2v) is 9.58. The van der Waals surface area contributed by atoms with Gasteiger partial charge in [0.2, 0.25) is 10.0 Å². The number of rotatable bonds is 6. The van der Waals surface area contributed by atoms with Crippen LogP contribution < -0.4 is 10.6 Å². The van der Waals surface area contributed by atoms with Gasteiger partial charge in [-0.05, 0) is 57.3 Å². The van der Waals surface area contributed by atoms with Gasteiger partial charge in [0.15, 0.2) is 5.96 Å². The summed E-state index contributed by atoms with van der Waals surface area (Å²) in [6.07, 6.45) is 9.49. The number of aliphatic imine (C=N–C) groups is 1. The van der Waals surface area contributed by atoms with Gasteiger partial charge in [-0.15, -0.1) is 24.0 Å². The first-order valence-corrected chi connectivity index (χ1v) is 11.8. The summed E-state index contributed by atoms with van der Waals surface area (Å²) in [6.45, 7) is 7.28. The van der Waals surface area contributed by atoms with Crippen molar-refractivity contribution in [2.24, 2.45) is 16.8 Å². The number of sulfonamides is 1. The number of nitrogens with one attached hydrogen (secondary N) is 2. The molecule has 154 valence electrons. The first kappa shape index (κ1) is 23.9. The third-order valence-electron chi connectivity index (χ3n) is 5.66. The molecule has 0 atom stereocenters. The summed E-state index contributed by atoms with van der Waals surface area (Å²) in [5.74, 6) is 2.30. The van der Waals surface area contributed by atoms with E-state index in [4.69, 9.17) is 4.99 Å². The van der Waals surface area contributed by atoms with E-state index in [9.17, 15) is 8.42 Å². The molecule has 8 heteroatoms. The number of hydrogen-bond donors (Lipinski definition) is 2. The number of piperidine rings is 1.